The molecule has 6 heteroatoms. The number of amides is 1. The third-order valence-corrected chi connectivity index (χ3v) is 3.82. The first kappa shape index (κ1) is 18.4. The van der Waals surface area contributed by atoms with Gasteiger partial charge < -0.3 is 15.4 Å². The molecule has 0 atom stereocenters. The lowest BCUT2D eigenvalue weighted by Gasteiger charge is -2.10. The highest BCUT2D eigenvalue weighted by Crippen LogP contribution is 2.19. The van der Waals surface area contributed by atoms with Gasteiger partial charge in [0.1, 0.15) is 11.4 Å². The first-order chi connectivity index (χ1) is 13.0. The van der Waals surface area contributed by atoms with Crippen LogP contribution in [0.1, 0.15) is 28.7 Å². The van der Waals surface area contributed by atoms with Gasteiger partial charge in [0.25, 0.3) is 5.91 Å². The number of rotatable bonds is 6. The van der Waals surface area contributed by atoms with E-state index in [4.69, 9.17) is 4.74 Å². The first-order valence-electron chi connectivity index (χ1n) is 8.77. The second-order valence-electron chi connectivity index (χ2n) is 6.12. The van der Waals surface area contributed by atoms with E-state index in [2.05, 4.69) is 20.6 Å². The zero-order chi connectivity index (χ0) is 19.2. The monoisotopic (exact) mass is 362 g/mol. The summed E-state index contributed by atoms with van der Waals surface area (Å²) in [5.41, 5.74) is 3.67. The second-order valence-corrected chi connectivity index (χ2v) is 6.12. The topological polar surface area (TPSA) is 76.1 Å². The summed E-state index contributed by atoms with van der Waals surface area (Å²) in [5, 5.41) is 5.97. The van der Waals surface area contributed by atoms with Crippen LogP contribution in [0.25, 0.3) is 0 Å². The van der Waals surface area contributed by atoms with Crippen molar-refractivity contribution in [3.8, 4) is 5.75 Å². The average Bonchev–Trinajstić information content (AvgIpc) is 2.65. The van der Waals surface area contributed by atoms with Crippen LogP contribution in [0.15, 0.2) is 54.6 Å². The molecule has 0 saturated heterocycles. The number of hydrogen-bond donors (Lipinski definition) is 2. The molecule has 2 N–H and O–H groups in total. The van der Waals surface area contributed by atoms with Crippen molar-refractivity contribution >= 4 is 23.2 Å². The molecule has 3 aromatic rings. The smallest absolute Gasteiger partial charge is 0.274 e. The van der Waals surface area contributed by atoms with Crippen LogP contribution in [0, 0.1) is 13.8 Å². The lowest BCUT2D eigenvalue weighted by molar-refractivity contribution is 0.102. The van der Waals surface area contributed by atoms with Crippen molar-refractivity contribution in [2.24, 2.45) is 0 Å². The molecule has 2 aromatic carbocycles. The van der Waals surface area contributed by atoms with E-state index < -0.39 is 0 Å². The molecule has 0 radical (unpaired) electrons. The van der Waals surface area contributed by atoms with E-state index >= 15 is 0 Å². The SMILES string of the molecule is CCOc1ccc(Nc2nc(C)cc(C(=O)Nc3ccc(C)cc3)n2)cc1. The van der Waals surface area contributed by atoms with Crippen molar-refractivity contribution in [2.45, 2.75) is 20.8 Å². The number of nitrogens with zero attached hydrogens (tertiary/aromatic N) is 2. The molecule has 138 valence electrons. The van der Waals surface area contributed by atoms with Gasteiger partial charge in [-0.3, -0.25) is 4.79 Å². The molecule has 0 bridgehead atoms. The summed E-state index contributed by atoms with van der Waals surface area (Å²) in [6.07, 6.45) is 0. The molecule has 0 aliphatic rings. The van der Waals surface area contributed by atoms with Gasteiger partial charge in [-0.2, -0.15) is 0 Å². The zero-order valence-electron chi connectivity index (χ0n) is 15.6. The minimum Gasteiger partial charge on any atom is -0.494 e. The van der Waals surface area contributed by atoms with Gasteiger partial charge in [0.05, 0.1) is 6.61 Å². The predicted octanol–water partition coefficient (Wildman–Crippen LogP) is 4.49. The van der Waals surface area contributed by atoms with Gasteiger partial charge in [-0.1, -0.05) is 17.7 Å². The summed E-state index contributed by atoms with van der Waals surface area (Å²) in [6, 6.07) is 16.8. The van der Waals surface area contributed by atoms with Crippen LogP contribution in [0.2, 0.25) is 0 Å². The van der Waals surface area contributed by atoms with E-state index in [0.29, 0.717) is 23.9 Å². The maximum Gasteiger partial charge on any atom is 0.274 e. The number of ether oxygens (including phenoxy) is 1. The fourth-order valence-electron chi connectivity index (χ4n) is 2.50. The van der Waals surface area contributed by atoms with E-state index in [1.165, 1.54) is 0 Å². The minimum absolute atomic E-state index is 0.279. The normalized spacial score (nSPS) is 10.3. The Bertz CT molecular complexity index is 922. The van der Waals surface area contributed by atoms with Crippen LogP contribution in [-0.2, 0) is 0 Å². The minimum atomic E-state index is -0.279. The third kappa shape index (κ3) is 5.04. The van der Waals surface area contributed by atoms with Crippen LogP contribution >= 0.6 is 0 Å². The molecule has 0 saturated carbocycles. The third-order valence-electron chi connectivity index (χ3n) is 3.82. The van der Waals surface area contributed by atoms with Crippen LogP contribution in [0.3, 0.4) is 0 Å². The number of hydrogen-bond acceptors (Lipinski definition) is 5. The Hall–Kier alpha value is -3.41. The molecule has 0 spiro atoms. The zero-order valence-corrected chi connectivity index (χ0v) is 15.6. The summed E-state index contributed by atoms with van der Waals surface area (Å²) in [6.45, 7) is 6.38. The molecule has 1 aromatic heterocycles. The Morgan fingerprint density at radius 3 is 2.30 bits per heavy atom. The van der Waals surface area contributed by atoms with Crippen molar-refractivity contribution in [2.75, 3.05) is 17.2 Å². The maximum atomic E-state index is 12.5. The van der Waals surface area contributed by atoms with Gasteiger partial charge in [0.2, 0.25) is 5.95 Å². The Morgan fingerprint density at radius 1 is 0.963 bits per heavy atom. The van der Waals surface area contributed by atoms with Gasteiger partial charge in [-0.15, -0.1) is 0 Å². The van der Waals surface area contributed by atoms with E-state index in [1.807, 2.05) is 69.3 Å². The summed E-state index contributed by atoms with van der Waals surface area (Å²) >= 11 is 0. The molecule has 1 heterocycles. The number of anilines is 3. The predicted molar refractivity (Wildman–Crippen MR) is 107 cm³/mol. The fraction of sp³-hybridized carbons (Fsp3) is 0.190. The van der Waals surface area contributed by atoms with Crippen molar-refractivity contribution < 1.29 is 9.53 Å². The van der Waals surface area contributed by atoms with Crippen molar-refractivity contribution in [1.82, 2.24) is 9.97 Å². The number of benzene rings is 2. The Balaban J connectivity index is 1.75. The van der Waals surface area contributed by atoms with E-state index in [1.54, 1.807) is 6.07 Å². The second kappa shape index (κ2) is 8.31. The number of aryl methyl sites for hydroxylation is 2. The summed E-state index contributed by atoms with van der Waals surface area (Å²) in [4.78, 5) is 21.2. The Kier molecular flexibility index (Phi) is 5.66. The molecule has 27 heavy (non-hydrogen) atoms. The number of nitrogens with one attached hydrogen (secondary N) is 2. The average molecular weight is 362 g/mol. The Labute approximate surface area is 158 Å². The molecule has 0 aliphatic heterocycles. The summed E-state index contributed by atoms with van der Waals surface area (Å²) < 4.78 is 5.43. The number of aromatic nitrogens is 2. The highest BCUT2D eigenvalue weighted by molar-refractivity contribution is 6.03. The molecular weight excluding hydrogens is 340 g/mol. The molecule has 0 aliphatic carbocycles. The largest absolute Gasteiger partial charge is 0.494 e. The van der Waals surface area contributed by atoms with Gasteiger partial charge in [0.15, 0.2) is 0 Å². The lowest BCUT2D eigenvalue weighted by Crippen LogP contribution is -2.15. The van der Waals surface area contributed by atoms with E-state index in [0.717, 1.165) is 22.7 Å². The fourth-order valence-corrected chi connectivity index (χ4v) is 2.50. The van der Waals surface area contributed by atoms with E-state index in [-0.39, 0.29) is 5.91 Å². The quantitative estimate of drug-likeness (QED) is 0.676. The number of carbonyl (C=O) groups excluding carboxylic acids is 1. The van der Waals surface area contributed by atoms with Gasteiger partial charge in [-0.05, 0) is 63.2 Å². The molecule has 1 amide bonds. The molecular formula is C21H22N4O2. The van der Waals surface area contributed by atoms with Gasteiger partial charge in [0, 0.05) is 17.1 Å². The van der Waals surface area contributed by atoms with Crippen LogP contribution in [0.5, 0.6) is 5.75 Å². The van der Waals surface area contributed by atoms with Crippen LogP contribution in [0.4, 0.5) is 17.3 Å². The van der Waals surface area contributed by atoms with Crippen molar-refractivity contribution in [3.63, 3.8) is 0 Å². The van der Waals surface area contributed by atoms with Crippen LogP contribution in [-0.4, -0.2) is 22.5 Å². The van der Waals surface area contributed by atoms with Crippen LogP contribution < -0.4 is 15.4 Å². The van der Waals surface area contributed by atoms with Gasteiger partial charge >= 0.3 is 0 Å². The summed E-state index contributed by atoms with van der Waals surface area (Å²) in [5.74, 6) is 0.888. The van der Waals surface area contributed by atoms with Crippen molar-refractivity contribution in [3.05, 3.63) is 71.5 Å². The maximum absolute atomic E-state index is 12.5. The van der Waals surface area contributed by atoms with E-state index in [9.17, 15) is 4.79 Å². The lowest BCUT2D eigenvalue weighted by atomic mass is 10.2. The molecule has 0 fully saturated rings. The van der Waals surface area contributed by atoms with Gasteiger partial charge in [-0.25, -0.2) is 9.97 Å². The standard InChI is InChI=1S/C21H22N4O2/c1-4-27-18-11-9-17(10-12-18)24-21-22-15(3)13-19(25-21)20(26)23-16-7-5-14(2)6-8-16/h5-13H,4H2,1-3H3,(H,23,26)(H,22,24,25). The highest BCUT2D eigenvalue weighted by Gasteiger charge is 2.11. The number of carbonyl (C=O) groups is 1. The molecule has 0 unspecified atom stereocenters. The highest BCUT2D eigenvalue weighted by atomic mass is 16.5. The molecule has 3 rings (SSSR count). The molecule has 6 nitrogen and oxygen atoms in total. The first-order valence-corrected chi connectivity index (χ1v) is 8.77. The Morgan fingerprint density at radius 2 is 1.63 bits per heavy atom. The summed E-state index contributed by atoms with van der Waals surface area (Å²) in [7, 11) is 0. The van der Waals surface area contributed by atoms with Crippen molar-refractivity contribution in [1.29, 1.82) is 0 Å².